The first-order valence-electron chi connectivity index (χ1n) is 8.78. The van der Waals surface area contributed by atoms with Crippen molar-refractivity contribution in [1.29, 1.82) is 0 Å². The van der Waals surface area contributed by atoms with Crippen LogP contribution in [0.3, 0.4) is 0 Å². The number of rotatable bonds is 2. The number of carbonyl (C=O) groups excluding carboxylic acids is 2. The van der Waals surface area contributed by atoms with Crippen LogP contribution in [-0.4, -0.2) is 28.3 Å². The number of Topliss-reactive ketones (excluding diaryl/α,β-unsaturated/α-hetero) is 2. The minimum Gasteiger partial charge on any atom is -0.505 e. The van der Waals surface area contributed by atoms with E-state index in [1.807, 2.05) is 60.7 Å². The summed E-state index contributed by atoms with van der Waals surface area (Å²) in [6.45, 7) is 0. The molecular formula is C21H18N2O2. The maximum Gasteiger partial charge on any atom is 0.214 e. The van der Waals surface area contributed by atoms with E-state index in [2.05, 4.69) is 0 Å². The van der Waals surface area contributed by atoms with Gasteiger partial charge in [0.2, 0.25) is 23.7 Å². The highest BCUT2D eigenvalue weighted by Gasteiger charge is 2.82. The summed E-state index contributed by atoms with van der Waals surface area (Å²) in [5.41, 5.74) is 12.1. The first-order chi connectivity index (χ1) is 12.2. The van der Waals surface area contributed by atoms with Gasteiger partial charge in [-0.15, -0.1) is 0 Å². The smallest absolute Gasteiger partial charge is 0.214 e. The largest absolute Gasteiger partial charge is 0.505 e. The third kappa shape index (κ3) is 1.67. The maximum atomic E-state index is 12.7. The average Bonchev–Trinajstić information content (AvgIpc) is 3.05. The molecule has 2 aromatic carbocycles. The summed E-state index contributed by atoms with van der Waals surface area (Å²) in [5, 5.41) is 0. The molecule has 0 N–H and O–H groups in total. The minimum atomic E-state index is -0.570. The topological polar surface area (TPSA) is 59.5 Å². The van der Waals surface area contributed by atoms with Crippen molar-refractivity contribution in [2.45, 2.75) is 36.8 Å². The first kappa shape index (κ1) is 14.7. The predicted octanol–water partition coefficient (Wildman–Crippen LogP) is 3.27. The van der Waals surface area contributed by atoms with Crippen LogP contribution in [0.4, 0.5) is 0 Å². The van der Waals surface area contributed by atoms with Crippen LogP contribution in [0.2, 0.25) is 0 Å². The van der Waals surface area contributed by atoms with Crippen LogP contribution in [0.5, 0.6) is 0 Å². The van der Waals surface area contributed by atoms with Crippen molar-refractivity contribution in [3.05, 3.63) is 77.3 Å². The third-order valence-corrected chi connectivity index (χ3v) is 6.51. The summed E-state index contributed by atoms with van der Waals surface area (Å²) in [6, 6.07) is 18.8. The van der Waals surface area contributed by atoms with E-state index in [1.165, 1.54) is 0 Å². The normalized spacial score (nSPS) is 36.1. The van der Waals surface area contributed by atoms with Gasteiger partial charge >= 0.3 is 0 Å². The van der Waals surface area contributed by atoms with Crippen LogP contribution in [0.1, 0.15) is 35.8 Å². The maximum absolute atomic E-state index is 12.7. The van der Waals surface area contributed by atoms with Crippen LogP contribution < -0.4 is 0 Å². The number of nitrogens with zero attached hydrogens (tertiary/aromatic N) is 2. The van der Waals surface area contributed by atoms with Crippen molar-refractivity contribution in [1.82, 2.24) is 0 Å². The minimum absolute atomic E-state index is 0.0312. The number of carbonyl (C=O) groups is 2. The molecule has 2 saturated carbocycles. The Morgan fingerprint density at radius 3 is 1.56 bits per heavy atom. The molecular weight excluding hydrogens is 312 g/mol. The molecule has 1 spiro atoms. The summed E-state index contributed by atoms with van der Waals surface area (Å²) in [6.07, 6.45) is 0.776. The van der Waals surface area contributed by atoms with Gasteiger partial charge in [-0.3, -0.25) is 9.59 Å². The number of ketones is 2. The second-order valence-electron chi connectivity index (χ2n) is 7.45. The summed E-state index contributed by atoms with van der Waals surface area (Å²) in [4.78, 5) is 25.5. The lowest BCUT2D eigenvalue weighted by Crippen LogP contribution is -2.67. The van der Waals surface area contributed by atoms with Gasteiger partial charge in [-0.05, 0) is 11.1 Å². The Kier molecular flexibility index (Phi) is 2.91. The lowest BCUT2D eigenvalue weighted by molar-refractivity contribution is -0.692. The fraction of sp³-hybridized carbons (Fsp3) is 0.333. The van der Waals surface area contributed by atoms with Gasteiger partial charge in [-0.1, -0.05) is 60.7 Å². The Labute approximate surface area is 146 Å². The van der Waals surface area contributed by atoms with E-state index in [9.17, 15) is 15.1 Å². The van der Waals surface area contributed by atoms with Crippen molar-refractivity contribution < 1.29 is 14.3 Å². The van der Waals surface area contributed by atoms with E-state index in [1.54, 1.807) is 0 Å². The van der Waals surface area contributed by atoms with E-state index in [-0.39, 0.29) is 23.4 Å². The van der Waals surface area contributed by atoms with Gasteiger partial charge < -0.3 is 10.2 Å². The first-order valence-corrected chi connectivity index (χ1v) is 8.78. The molecule has 2 aliphatic carbocycles. The molecule has 124 valence electrons. The van der Waals surface area contributed by atoms with Crippen LogP contribution in [0, 0.1) is 5.41 Å². The number of hydrogen-bond acceptors (Lipinski definition) is 2. The second-order valence-corrected chi connectivity index (χ2v) is 7.45. The number of hydrogen-bond donors (Lipinski definition) is 0. The van der Waals surface area contributed by atoms with Crippen molar-refractivity contribution in [3.8, 4) is 0 Å². The zero-order chi connectivity index (χ0) is 17.2. The molecule has 1 aliphatic heterocycles. The summed E-state index contributed by atoms with van der Waals surface area (Å²) in [7, 11) is 0. The standard InChI is InChI=1S/C21H18N2O2/c22-23-19-17(24)11-15(13-7-3-1-4-8-13)21(19)16(12-18(25)20(21)23)14-9-5-2-6-10-14/h1-10,15-16,19-20H,11-12H2. The van der Waals surface area contributed by atoms with Gasteiger partial charge in [0, 0.05) is 24.7 Å². The third-order valence-electron chi connectivity index (χ3n) is 6.51. The van der Waals surface area contributed by atoms with E-state index in [4.69, 9.17) is 0 Å². The Morgan fingerprint density at radius 1 is 0.760 bits per heavy atom. The molecule has 4 atom stereocenters. The van der Waals surface area contributed by atoms with Gasteiger partial charge in [0.25, 0.3) is 0 Å². The van der Waals surface area contributed by atoms with Crippen molar-refractivity contribution in [3.63, 3.8) is 0 Å². The van der Waals surface area contributed by atoms with Crippen LogP contribution in [-0.2, 0) is 9.59 Å². The predicted molar refractivity (Wildman–Crippen MR) is 91.2 cm³/mol. The van der Waals surface area contributed by atoms with E-state index in [0.29, 0.717) is 12.8 Å². The molecule has 0 radical (unpaired) electrons. The molecule has 4 heteroatoms. The van der Waals surface area contributed by atoms with Crippen molar-refractivity contribution >= 4 is 11.6 Å². The Balaban J connectivity index is 1.72. The molecule has 4 unspecified atom stereocenters. The lowest BCUT2D eigenvalue weighted by atomic mass is 9.57. The van der Waals surface area contributed by atoms with Crippen LogP contribution in [0.25, 0.3) is 5.53 Å². The van der Waals surface area contributed by atoms with Gasteiger partial charge in [0.15, 0.2) is 0 Å². The molecule has 0 bridgehead atoms. The lowest BCUT2D eigenvalue weighted by Gasteiger charge is -2.50. The van der Waals surface area contributed by atoms with Crippen molar-refractivity contribution in [2.24, 2.45) is 5.41 Å². The molecule has 3 aliphatic rings. The Morgan fingerprint density at radius 2 is 1.16 bits per heavy atom. The van der Waals surface area contributed by atoms with Gasteiger partial charge in [0.1, 0.15) is 5.41 Å². The number of benzene rings is 2. The monoisotopic (exact) mass is 330 g/mol. The highest BCUT2D eigenvalue weighted by molar-refractivity contribution is 5.97. The van der Waals surface area contributed by atoms with Crippen LogP contribution >= 0.6 is 0 Å². The molecule has 5 rings (SSSR count). The molecule has 2 aromatic rings. The van der Waals surface area contributed by atoms with E-state index >= 15 is 0 Å². The fourth-order valence-electron chi connectivity index (χ4n) is 5.70. The molecule has 0 aromatic heterocycles. The molecule has 0 amide bonds. The summed E-state index contributed by atoms with van der Waals surface area (Å²) in [5.74, 6) is 0.0268. The second kappa shape index (κ2) is 4.94. The molecule has 4 nitrogen and oxygen atoms in total. The van der Waals surface area contributed by atoms with Crippen molar-refractivity contribution in [2.75, 3.05) is 0 Å². The van der Waals surface area contributed by atoms with Gasteiger partial charge in [-0.2, -0.15) is 0 Å². The van der Waals surface area contributed by atoms with Gasteiger partial charge in [-0.25, -0.2) is 0 Å². The SMILES string of the molecule is [N-]=[N+]1C2C(=O)CC(c3ccccc3)C23C(c2ccccc2)CC(=O)C13. The zero-order valence-corrected chi connectivity index (χ0v) is 13.7. The Bertz CT molecular complexity index is 817. The highest BCUT2D eigenvalue weighted by Crippen LogP contribution is 2.69. The quantitative estimate of drug-likeness (QED) is 0.794. The zero-order valence-electron chi connectivity index (χ0n) is 13.7. The molecule has 1 heterocycles. The molecule has 1 saturated heterocycles. The van der Waals surface area contributed by atoms with E-state index in [0.717, 1.165) is 15.8 Å². The summed E-state index contributed by atoms with van der Waals surface area (Å²) < 4.78 is 1.04. The summed E-state index contributed by atoms with van der Waals surface area (Å²) >= 11 is 0. The van der Waals surface area contributed by atoms with E-state index < -0.39 is 17.5 Å². The average molecular weight is 330 g/mol. The molecule has 25 heavy (non-hydrogen) atoms. The van der Waals surface area contributed by atoms with Crippen LogP contribution in [0.15, 0.2) is 60.7 Å². The Hall–Kier alpha value is -2.62. The fourth-order valence-corrected chi connectivity index (χ4v) is 5.70. The van der Waals surface area contributed by atoms with Gasteiger partial charge in [0.05, 0.1) is 0 Å². The highest BCUT2D eigenvalue weighted by atomic mass is 16.1. The molecule has 3 fully saturated rings.